The highest BCUT2D eigenvalue weighted by Gasteiger charge is 2.09. The van der Waals surface area contributed by atoms with Crippen LogP contribution in [-0.4, -0.2) is 28.8 Å². The summed E-state index contributed by atoms with van der Waals surface area (Å²) in [5.74, 6) is 0.587. The summed E-state index contributed by atoms with van der Waals surface area (Å²) >= 11 is 0. The summed E-state index contributed by atoms with van der Waals surface area (Å²) in [5.41, 5.74) is 5.19. The third-order valence-corrected chi connectivity index (χ3v) is 4.31. The summed E-state index contributed by atoms with van der Waals surface area (Å²) in [5, 5.41) is 11.0. The smallest absolute Gasteiger partial charge is 0.191 e. The first-order valence-electron chi connectivity index (χ1n) is 8.68. The fourth-order valence-corrected chi connectivity index (χ4v) is 2.80. The SMILES string of the molecule is CCNC(=NCc1ccc(F)c(C)c1)NCCc1c(C)nn(C)c1C. The van der Waals surface area contributed by atoms with Gasteiger partial charge in [-0.1, -0.05) is 12.1 Å². The Balaban J connectivity index is 1.96. The fraction of sp³-hybridized carbons (Fsp3) is 0.474. The summed E-state index contributed by atoms with van der Waals surface area (Å²) < 4.78 is 15.3. The van der Waals surface area contributed by atoms with Gasteiger partial charge >= 0.3 is 0 Å². The number of guanidine groups is 1. The van der Waals surface area contributed by atoms with E-state index in [1.807, 2.05) is 31.6 Å². The standard InChI is InChI=1S/C19H28FN5/c1-6-21-19(23-12-16-7-8-18(20)13(2)11-16)22-10-9-17-14(3)24-25(5)15(17)4/h7-8,11H,6,9-10,12H2,1-5H3,(H2,21,22,23). The first kappa shape index (κ1) is 19.0. The van der Waals surface area contributed by atoms with E-state index in [2.05, 4.69) is 27.6 Å². The quantitative estimate of drug-likeness (QED) is 0.625. The Morgan fingerprint density at radius 3 is 2.60 bits per heavy atom. The van der Waals surface area contributed by atoms with Crippen LogP contribution in [0.15, 0.2) is 23.2 Å². The zero-order valence-electron chi connectivity index (χ0n) is 15.8. The second-order valence-electron chi connectivity index (χ2n) is 6.23. The van der Waals surface area contributed by atoms with Gasteiger partial charge in [0.05, 0.1) is 12.2 Å². The number of aromatic nitrogens is 2. The lowest BCUT2D eigenvalue weighted by Crippen LogP contribution is -2.38. The van der Waals surface area contributed by atoms with Crippen LogP contribution in [0.3, 0.4) is 0 Å². The summed E-state index contributed by atoms with van der Waals surface area (Å²) in [7, 11) is 1.97. The van der Waals surface area contributed by atoms with Crippen LogP contribution >= 0.6 is 0 Å². The number of hydrogen-bond donors (Lipinski definition) is 2. The first-order valence-corrected chi connectivity index (χ1v) is 8.68. The number of rotatable bonds is 6. The molecule has 0 spiro atoms. The molecule has 0 aliphatic rings. The number of aliphatic imine (C=N–C) groups is 1. The van der Waals surface area contributed by atoms with Gasteiger partial charge in [-0.15, -0.1) is 0 Å². The average molecular weight is 345 g/mol. The Kier molecular flexibility index (Phi) is 6.56. The van der Waals surface area contributed by atoms with E-state index in [-0.39, 0.29) is 5.82 Å². The molecule has 6 heteroatoms. The lowest BCUT2D eigenvalue weighted by atomic mass is 10.1. The van der Waals surface area contributed by atoms with Crippen molar-refractivity contribution in [2.45, 2.75) is 40.7 Å². The molecular weight excluding hydrogens is 317 g/mol. The van der Waals surface area contributed by atoms with Gasteiger partial charge in [0.2, 0.25) is 0 Å². The van der Waals surface area contributed by atoms with Crippen LogP contribution in [0.2, 0.25) is 0 Å². The average Bonchev–Trinajstić information content (AvgIpc) is 2.81. The number of halogens is 1. The molecule has 0 amide bonds. The summed E-state index contributed by atoms with van der Waals surface area (Å²) in [6.07, 6.45) is 0.894. The Morgan fingerprint density at radius 2 is 2.00 bits per heavy atom. The van der Waals surface area contributed by atoms with Gasteiger partial charge in [-0.2, -0.15) is 5.10 Å². The number of hydrogen-bond acceptors (Lipinski definition) is 2. The molecule has 2 rings (SSSR count). The van der Waals surface area contributed by atoms with E-state index in [0.717, 1.165) is 36.7 Å². The molecule has 0 aliphatic heterocycles. The molecule has 2 N–H and O–H groups in total. The molecule has 25 heavy (non-hydrogen) atoms. The summed E-state index contributed by atoms with van der Waals surface area (Å²) in [6, 6.07) is 5.11. The van der Waals surface area contributed by atoms with Gasteiger partial charge in [-0.3, -0.25) is 4.68 Å². The molecule has 136 valence electrons. The second kappa shape index (κ2) is 8.65. The minimum absolute atomic E-state index is 0.181. The summed E-state index contributed by atoms with van der Waals surface area (Å²) in [4.78, 5) is 4.59. The molecule has 0 unspecified atom stereocenters. The maximum atomic E-state index is 13.3. The number of nitrogens with zero attached hydrogens (tertiary/aromatic N) is 3. The first-order chi connectivity index (χ1) is 11.9. The molecule has 0 atom stereocenters. The summed E-state index contributed by atoms with van der Waals surface area (Å²) in [6.45, 7) is 10.0. The highest BCUT2D eigenvalue weighted by molar-refractivity contribution is 5.79. The van der Waals surface area contributed by atoms with Crippen LogP contribution in [-0.2, 0) is 20.0 Å². The van der Waals surface area contributed by atoms with Crippen LogP contribution in [0, 0.1) is 26.6 Å². The monoisotopic (exact) mass is 345 g/mol. The van der Waals surface area contributed by atoms with Crippen molar-refractivity contribution in [3.63, 3.8) is 0 Å². The molecule has 0 aliphatic carbocycles. The van der Waals surface area contributed by atoms with Crippen LogP contribution in [0.25, 0.3) is 0 Å². The number of aryl methyl sites for hydroxylation is 3. The van der Waals surface area contributed by atoms with E-state index in [4.69, 9.17) is 0 Å². The zero-order chi connectivity index (χ0) is 18.4. The van der Waals surface area contributed by atoms with Crippen molar-refractivity contribution in [1.29, 1.82) is 0 Å². The van der Waals surface area contributed by atoms with Crippen LogP contribution in [0.5, 0.6) is 0 Å². The van der Waals surface area contributed by atoms with E-state index < -0.39 is 0 Å². The van der Waals surface area contributed by atoms with Crippen molar-refractivity contribution in [2.24, 2.45) is 12.0 Å². The highest BCUT2D eigenvalue weighted by atomic mass is 19.1. The molecule has 0 saturated heterocycles. The third-order valence-electron chi connectivity index (χ3n) is 4.31. The van der Waals surface area contributed by atoms with Gasteiger partial charge in [0, 0.05) is 25.8 Å². The van der Waals surface area contributed by atoms with Crippen molar-refractivity contribution in [3.8, 4) is 0 Å². The van der Waals surface area contributed by atoms with Crippen molar-refractivity contribution >= 4 is 5.96 Å². The highest BCUT2D eigenvalue weighted by Crippen LogP contribution is 2.12. The Morgan fingerprint density at radius 1 is 1.24 bits per heavy atom. The number of nitrogens with one attached hydrogen (secondary N) is 2. The lowest BCUT2D eigenvalue weighted by molar-refractivity contribution is 0.617. The predicted molar refractivity (Wildman–Crippen MR) is 100 cm³/mol. The molecule has 0 saturated carbocycles. The van der Waals surface area contributed by atoms with Crippen molar-refractivity contribution in [2.75, 3.05) is 13.1 Å². The largest absolute Gasteiger partial charge is 0.357 e. The predicted octanol–water partition coefficient (Wildman–Crippen LogP) is 2.78. The van der Waals surface area contributed by atoms with Crippen molar-refractivity contribution < 1.29 is 4.39 Å². The topological polar surface area (TPSA) is 54.2 Å². The minimum atomic E-state index is -0.181. The fourth-order valence-electron chi connectivity index (χ4n) is 2.80. The zero-order valence-corrected chi connectivity index (χ0v) is 15.8. The minimum Gasteiger partial charge on any atom is -0.357 e. The maximum Gasteiger partial charge on any atom is 0.191 e. The van der Waals surface area contributed by atoms with Crippen molar-refractivity contribution in [1.82, 2.24) is 20.4 Å². The molecular formula is C19H28FN5. The van der Waals surface area contributed by atoms with E-state index in [9.17, 15) is 4.39 Å². The van der Waals surface area contributed by atoms with E-state index in [1.54, 1.807) is 13.0 Å². The number of benzene rings is 1. The Hall–Kier alpha value is -2.37. The van der Waals surface area contributed by atoms with Gasteiger partial charge in [-0.25, -0.2) is 9.38 Å². The molecule has 1 aromatic carbocycles. The van der Waals surface area contributed by atoms with Crippen molar-refractivity contribution in [3.05, 3.63) is 52.1 Å². The normalized spacial score (nSPS) is 11.7. The van der Waals surface area contributed by atoms with E-state index >= 15 is 0 Å². The molecule has 5 nitrogen and oxygen atoms in total. The van der Waals surface area contributed by atoms with Crippen LogP contribution in [0.4, 0.5) is 4.39 Å². The second-order valence-corrected chi connectivity index (χ2v) is 6.23. The molecule has 1 heterocycles. The van der Waals surface area contributed by atoms with E-state index in [1.165, 1.54) is 17.3 Å². The molecule has 0 bridgehead atoms. The molecule has 0 fully saturated rings. The van der Waals surface area contributed by atoms with Gasteiger partial charge in [-0.05, 0) is 56.9 Å². The molecule has 1 aromatic heterocycles. The van der Waals surface area contributed by atoms with Crippen LogP contribution in [0.1, 0.15) is 35.0 Å². The van der Waals surface area contributed by atoms with Gasteiger partial charge in [0.25, 0.3) is 0 Å². The molecule has 0 radical (unpaired) electrons. The van der Waals surface area contributed by atoms with E-state index in [0.29, 0.717) is 12.1 Å². The van der Waals surface area contributed by atoms with Crippen LogP contribution < -0.4 is 10.6 Å². The van der Waals surface area contributed by atoms with Gasteiger partial charge in [0.15, 0.2) is 5.96 Å². The lowest BCUT2D eigenvalue weighted by Gasteiger charge is -2.12. The third kappa shape index (κ3) is 5.05. The molecule has 2 aromatic rings. The maximum absolute atomic E-state index is 13.3. The Bertz CT molecular complexity index is 749. The van der Waals surface area contributed by atoms with Gasteiger partial charge < -0.3 is 10.6 Å². The van der Waals surface area contributed by atoms with Gasteiger partial charge in [0.1, 0.15) is 5.82 Å². The Labute approximate surface area is 149 Å².